The number of halogens is 1. The van der Waals surface area contributed by atoms with Crippen molar-refractivity contribution in [3.8, 4) is 0 Å². The highest BCUT2D eigenvalue weighted by Crippen LogP contribution is 2.26. The van der Waals surface area contributed by atoms with Gasteiger partial charge in [-0.05, 0) is 57.5 Å². The van der Waals surface area contributed by atoms with Gasteiger partial charge in [-0.2, -0.15) is 0 Å². The highest BCUT2D eigenvalue weighted by atomic mass is 19.1. The minimum Gasteiger partial charge on any atom is -0.465 e. The average molecular weight is 624 g/mol. The van der Waals surface area contributed by atoms with Crippen molar-refractivity contribution < 1.29 is 38.1 Å². The number of rotatable bonds is 7. The Morgan fingerprint density at radius 1 is 0.844 bits per heavy atom. The van der Waals surface area contributed by atoms with E-state index in [-0.39, 0.29) is 24.2 Å². The van der Waals surface area contributed by atoms with Crippen LogP contribution in [0.2, 0.25) is 0 Å². The van der Waals surface area contributed by atoms with Crippen molar-refractivity contribution in [3.63, 3.8) is 0 Å². The lowest BCUT2D eigenvalue weighted by Gasteiger charge is -2.33. The molecule has 1 aliphatic rings. The second kappa shape index (κ2) is 15.2. The zero-order valence-corrected chi connectivity index (χ0v) is 25.7. The SMILES string of the molecule is CC(C)(C)OC(=O)CCC(=O)OC(=O)c1ccccc1.C[C@](N)(c1ccc(F)cc1)c1cnc(N2CCN(C(=O)O)CC2)nc1. The topological polar surface area (TPSA) is 165 Å². The number of amides is 1. The number of nitrogens with two attached hydrogens (primary N) is 1. The van der Waals surface area contributed by atoms with E-state index in [1.165, 1.54) is 17.0 Å². The van der Waals surface area contributed by atoms with E-state index in [0.717, 1.165) is 5.56 Å². The third kappa shape index (κ3) is 10.6. The number of hydrogen-bond acceptors (Lipinski definition) is 10. The van der Waals surface area contributed by atoms with Crippen LogP contribution in [0.5, 0.6) is 0 Å². The number of aromatic nitrogens is 2. The number of carbonyl (C=O) groups is 4. The Labute approximate surface area is 261 Å². The molecule has 45 heavy (non-hydrogen) atoms. The van der Waals surface area contributed by atoms with Gasteiger partial charge >= 0.3 is 24.0 Å². The van der Waals surface area contributed by atoms with Crippen LogP contribution in [0.3, 0.4) is 0 Å². The lowest BCUT2D eigenvalue weighted by molar-refractivity contribution is -0.157. The van der Waals surface area contributed by atoms with Crippen molar-refractivity contribution in [1.29, 1.82) is 0 Å². The molecule has 3 aromatic rings. The molecular weight excluding hydrogens is 585 g/mol. The fraction of sp³-hybridized carbons (Fsp3) is 0.375. The summed E-state index contributed by atoms with van der Waals surface area (Å²) in [6.07, 6.45) is 2.12. The lowest BCUT2D eigenvalue weighted by Crippen LogP contribution is -2.48. The summed E-state index contributed by atoms with van der Waals surface area (Å²) in [5.41, 5.74) is 6.73. The molecule has 0 unspecified atom stereocenters. The zero-order valence-electron chi connectivity index (χ0n) is 25.7. The first-order valence-corrected chi connectivity index (χ1v) is 14.3. The fourth-order valence-corrected chi connectivity index (χ4v) is 4.20. The van der Waals surface area contributed by atoms with Gasteiger partial charge in [-0.3, -0.25) is 9.59 Å². The summed E-state index contributed by atoms with van der Waals surface area (Å²) in [5.74, 6) is -1.73. The highest BCUT2D eigenvalue weighted by molar-refractivity contribution is 5.97. The van der Waals surface area contributed by atoms with Crippen LogP contribution in [0.15, 0.2) is 67.0 Å². The summed E-state index contributed by atoms with van der Waals surface area (Å²) in [6.45, 7) is 8.97. The molecule has 2 aromatic carbocycles. The van der Waals surface area contributed by atoms with Crippen molar-refractivity contribution in [2.75, 3.05) is 31.1 Å². The first kappa shape index (κ1) is 34.6. The molecule has 0 aliphatic carbocycles. The maximum atomic E-state index is 13.1. The van der Waals surface area contributed by atoms with E-state index in [4.69, 9.17) is 15.6 Å². The van der Waals surface area contributed by atoms with Gasteiger partial charge in [0.25, 0.3) is 0 Å². The molecule has 1 saturated heterocycles. The van der Waals surface area contributed by atoms with Crippen molar-refractivity contribution in [1.82, 2.24) is 14.9 Å². The number of carbonyl (C=O) groups excluding carboxylic acids is 3. The van der Waals surface area contributed by atoms with Gasteiger partial charge in [0.15, 0.2) is 0 Å². The van der Waals surface area contributed by atoms with Crippen molar-refractivity contribution >= 4 is 29.9 Å². The van der Waals surface area contributed by atoms with Crippen LogP contribution in [-0.2, 0) is 24.6 Å². The van der Waals surface area contributed by atoms with E-state index in [2.05, 4.69) is 14.7 Å². The van der Waals surface area contributed by atoms with Gasteiger partial charge in [0.2, 0.25) is 5.95 Å². The summed E-state index contributed by atoms with van der Waals surface area (Å²) < 4.78 is 22.8. The maximum Gasteiger partial charge on any atom is 0.407 e. The van der Waals surface area contributed by atoms with E-state index in [1.807, 2.05) is 11.8 Å². The summed E-state index contributed by atoms with van der Waals surface area (Å²) in [7, 11) is 0. The molecule has 1 atom stereocenters. The standard InChI is InChI=1S/C17H20FN5O2.C15H18O5/c1-17(19,12-2-4-14(18)5-3-12)13-10-20-15(21-11-13)22-6-8-23(9-7-22)16(24)25;1-15(2,3)20-13(17)10-9-12(16)19-14(18)11-7-5-4-6-8-11/h2-5,10-11H,6-9,19H2,1H3,(H,24,25);4-8H,9-10H2,1-3H3/t17-;/m0./s1. The Hall–Kier alpha value is -4.91. The van der Waals surface area contributed by atoms with Crippen LogP contribution in [-0.4, -0.2) is 75.8 Å². The number of piperazine rings is 1. The van der Waals surface area contributed by atoms with Crippen molar-refractivity contribution in [2.24, 2.45) is 5.73 Å². The number of carboxylic acid groups (broad SMARTS) is 1. The van der Waals surface area contributed by atoms with Crippen LogP contribution in [0.4, 0.5) is 15.1 Å². The molecule has 13 heteroatoms. The predicted octanol–water partition coefficient (Wildman–Crippen LogP) is 4.13. The average Bonchev–Trinajstić information content (AvgIpc) is 3.00. The minimum atomic E-state index is -0.908. The van der Waals surface area contributed by atoms with Crippen molar-refractivity contribution in [2.45, 2.75) is 51.7 Å². The van der Waals surface area contributed by atoms with Crippen LogP contribution < -0.4 is 10.6 Å². The van der Waals surface area contributed by atoms with Crippen LogP contribution >= 0.6 is 0 Å². The van der Waals surface area contributed by atoms with Gasteiger partial charge < -0.3 is 30.1 Å². The normalized spacial score (nSPS) is 14.4. The summed E-state index contributed by atoms with van der Waals surface area (Å²) in [4.78, 5) is 57.4. The summed E-state index contributed by atoms with van der Waals surface area (Å²) in [6, 6.07) is 14.2. The first-order chi connectivity index (χ1) is 21.2. The van der Waals surface area contributed by atoms with Gasteiger partial charge in [0.1, 0.15) is 11.4 Å². The number of ether oxygens (including phenoxy) is 2. The van der Waals surface area contributed by atoms with E-state index < -0.39 is 35.1 Å². The second-order valence-electron chi connectivity index (χ2n) is 11.5. The van der Waals surface area contributed by atoms with E-state index in [1.54, 1.807) is 75.6 Å². The largest absolute Gasteiger partial charge is 0.465 e. The molecule has 12 nitrogen and oxygen atoms in total. The summed E-state index contributed by atoms with van der Waals surface area (Å²) in [5, 5.41) is 8.99. The van der Waals surface area contributed by atoms with E-state index in [0.29, 0.717) is 37.7 Å². The van der Waals surface area contributed by atoms with Gasteiger partial charge in [-0.25, -0.2) is 23.9 Å². The molecule has 4 rings (SSSR count). The molecule has 0 spiro atoms. The van der Waals surface area contributed by atoms with Gasteiger partial charge in [-0.15, -0.1) is 0 Å². The molecular formula is C32H38FN5O7. The Balaban J connectivity index is 0.000000253. The van der Waals surface area contributed by atoms with Gasteiger partial charge in [0.05, 0.1) is 23.9 Å². The second-order valence-corrected chi connectivity index (χ2v) is 11.5. The predicted molar refractivity (Wildman–Crippen MR) is 163 cm³/mol. The maximum absolute atomic E-state index is 13.1. The Kier molecular flexibility index (Phi) is 11.7. The van der Waals surface area contributed by atoms with Gasteiger partial charge in [-0.1, -0.05) is 30.3 Å². The minimum absolute atomic E-state index is 0.113. The summed E-state index contributed by atoms with van der Waals surface area (Å²) >= 11 is 0. The Morgan fingerprint density at radius 3 is 1.93 bits per heavy atom. The number of benzene rings is 2. The smallest absolute Gasteiger partial charge is 0.407 e. The van der Waals surface area contributed by atoms with Crippen LogP contribution in [0.1, 0.15) is 62.0 Å². The fourth-order valence-electron chi connectivity index (χ4n) is 4.20. The van der Waals surface area contributed by atoms with Crippen LogP contribution in [0.25, 0.3) is 0 Å². The molecule has 1 amide bonds. The number of hydrogen-bond donors (Lipinski definition) is 2. The number of anilines is 1. The molecule has 0 bridgehead atoms. The number of nitrogens with zero attached hydrogens (tertiary/aromatic N) is 4. The molecule has 0 saturated carbocycles. The molecule has 1 aliphatic heterocycles. The zero-order chi connectivity index (χ0) is 33.2. The third-order valence-corrected chi connectivity index (χ3v) is 6.68. The molecule has 2 heterocycles. The number of esters is 3. The Bertz CT molecular complexity index is 1450. The van der Waals surface area contributed by atoms with Gasteiger partial charge in [0, 0.05) is 44.1 Å². The molecule has 240 valence electrons. The third-order valence-electron chi connectivity index (χ3n) is 6.68. The van der Waals surface area contributed by atoms with Crippen LogP contribution in [0, 0.1) is 5.82 Å². The molecule has 1 fully saturated rings. The van der Waals surface area contributed by atoms with E-state index >= 15 is 0 Å². The highest BCUT2D eigenvalue weighted by Gasteiger charge is 2.26. The monoisotopic (exact) mass is 623 g/mol. The molecule has 0 radical (unpaired) electrons. The Morgan fingerprint density at radius 2 is 1.40 bits per heavy atom. The molecule has 1 aromatic heterocycles. The molecule has 3 N–H and O–H groups in total. The van der Waals surface area contributed by atoms with E-state index in [9.17, 15) is 23.6 Å². The quantitative estimate of drug-likeness (QED) is 0.287. The van der Waals surface area contributed by atoms with Crippen molar-refractivity contribution in [3.05, 3.63) is 89.5 Å². The first-order valence-electron chi connectivity index (χ1n) is 14.3. The lowest BCUT2D eigenvalue weighted by atomic mass is 9.87.